The Morgan fingerprint density at radius 2 is 1.85 bits per heavy atom. The Kier molecular flexibility index (Phi) is 8.88. The van der Waals surface area contributed by atoms with Crippen molar-refractivity contribution in [1.82, 2.24) is 15.3 Å². The van der Waals surface area contributed by atoms with E-state index >= 15 is 0 Å². The van der Waals surface area contributed by atoms with Crippen LogP contribution in [0.5, 0.6) is 0 Å². The van der Waals surface area contributed by atoms with Gasteiger partial charge in [0.2, 0.25) is 5.91 Å². The van der Waals surface area contributed by atoms with Crippen LogP contribution < -0.4 is 10.2 Å². The lowest BCUT2D eigenvalue weighted by Crippen LogP contribution is -2.28. The second kappa shape index (κ2) is 11.1. The second-order valence-electron chi connectivity index (χ2n) is 6.31. The van der Waals surface area contributed by atoms with E-state index < -0.39 is 0 Å². The van der Waals surface area contributed by atoms with Gasteiger partial charge >= 0.3 is 0 Å². The molecule has 1 heterocycles. The molecule has 1 aromatic heterocycles. The van der Waals surface area contributed by atoms with Gasteiger partial charge in [-0.2, -0.15) is 0 Å². The fourth-order valence-corrected chi connectivity index (χ4v) is 3.62. The fourth-order valence-electron chi connectivity index (χ4n) is 2.73. The summed E-state index contributed by atoms with van der Waals surface area (Å²) in [5.74, 6) is 1.01. The third-order valence-electron chi connectivity index (χ3n) is 3.98. The van der Waals surface area contributed by atoms with Crippen molar-refractivity contribution in [2.24, 2.45) is 0 Å². The zero-order valence-corrected chi connectivity index (χ0v) is 17.7. The van der Waals surface area contributed by atoms with Crippen LogP contribution in [-0.2, 0) is 4.79 Å². The number of aromatic nitrogens is 2. The predicted octanol–water partition coefficient (Wildman–Crippen LogP) is 4.73. The third kappa shape index (κ3) is 7.03. The van der Waals surface area contributed by atoms with E-state index in [1.165, 1.54) is 11.8 Å². The Morgan fingerprint density at radius 1 is 1.19 bits per heavy atom. The van der Waals surface area contributed by atoms with E-state index in [-0.39, 0.29) is 17.7 Å². The van der Waals surface area contributed by atoms with Gasteiger partial charge < -0.3 is 10.2 Å². The Hall–Kier alpha value is -1.79. The third-order valence-corrected chi connectivity index (χ3v) is 5.02. The minimum Gasteiger partial charge on any atom is -0.356 e. The van der Waals surface area contributed by atoms with Crippen LogP contribution in [0.2, 0.25) is 5.15 Å². The maximum absolute atomic E-state index is 12.3. The minimum absolute atomic E-state index is 0.0419. The van der Waals surface area contributed by atoms with Gasteiger partial charge in [-0.1, -0.05) is 67.5 Å². The quantitative estimate of drug-likeness (QED) is 0.351. The molecule has 0 bridgehead atoms. The van der Waals surface area contributed by atoms with Crippen molar-refractivity contribution in [1.29, 1.82) is 0 Å². The molecule has 1 N–H and O–H groups in total. The average Bonchev–Trinajstić information content (AvgIpc) is 2.66. The molecule has 0 aliphatic carbocycles. The van der Waals surface area contributed by atoms with E-state index in [2.05, 4.69) is 34.0 Å². The molecule has 0 saturated carbocycles. The number of amides is 1. The minimum atomic E-state index is -0.0551. The van der Waals surface area contributed by atoms with Crippen molar-refractivity contribution in [3.8, 4) is 0 Å². The first-order valence-electron chi connectivity index (χ1n) is 9.30. The molecule has 0 aliphatic rings. The number of halogens is 1. The first-order valence-corrected chi connectivity index (χ1v) is 10.7. The monoisotopic (exact) mass is 406 g/mol. The molecule has 146 valence electrons. The molecule has 2 rings (SSSR count). The van der Waals surface area contributed by atoms with E-state index in [1.807, 2.05) is 37.3 Å². The van der Waals surface area contributed by atoms with Crippen molar-refractivity contribution >= 4 is 35.1 Å². The van der Waals surface area contributed by atoms with Gasteiger partial charge in [0.25, 0.3) is 0 Å². The van der Waals surface area contributed by atoms with Crippen molar-refractivity contribution in [3.63, 3.8) is 0 Å². The zero-order valence-electron chi connectivity index (χ0n) is 16.1. The Balaban J connectivity index is 1.97. The van der Waals surface area contributed by atoms with Gasteiger partial charge in [-0.15, -0.1) is 0 Å². The predicted molar refractivity (Wildman–Crippen MR) is 114 cm³/mol. The molecule has 1 atom stereocenters. The summed E-state index contributed by atoms with van der Waals surface area (Å²) in [6, 6.07) is 11.6. The smallest absolute Gasteiger partial charge is 0.230 e. The number of rotatable bonds is 10. The molecular weight excluding hydrogens is 380 g/mol. The first-order chi connectivity index (χ1) is 13.0. The van der Waals surface area contributed by atoms with Crippen molar-refractivity contribution in [2.45, 2.75) is 44.8 Å². The summed E-state index contributed by atoms with van der Waals surface area (Å²) < 4.78 is 0. The highest BCUT2D eigenvalue weighted by molar-refractivity contribution is 7.99. The Bertz CT molecular complexity index is 723. The molecule has 0 spiro atoms. The zero-order chi connectivity index (χ0) is 19.6. The van der Waals surface area contributed by atoms with E-state index in [9.17, 15) is 4.79 Å². The van der Waals surface area contributed by atoms with Crippen LogP contribution in [0.25, 0.3) is 0 Å². The molecule has 1 aromatic carbocycles. The van der Waals surface area contributed by atoms with Crippen molar-refractivity contribution < 1.29 is 4.79 Å². The number of hydrogen-bond donors (Lipinski definition) is 1. The van der Waals surface area contributed by atoms with Gasteiger partial charge in [0.05, 0.1) is 11.8 Å². The van der Waals surface area contributed by atoms with Crippen LogP contribution in [-0.4, -0.2) is 34.7 Å². The van der Waals surface area contributed by atoms with Crippen LogP contribution in [0.15, 0.2) is 41.6 Å². The summed E-state index contributed by atoms with van der Waals surface area (Å²) in [4.78, 5) is 23.3. The second-order valence-corrected chi connectivity index (χ2v) is 7.64. The van der Waals surface area contributed by atoms with Crippen LogP contribution in [0.1, 0.15) is 45.2 Å². The summed E-state index contributed by atoms with van der Waals surface area (Å²) in [5.41, 5.74) is 1.08. The number of anilines is 1. The maximum Gasteiger partial charge on any atom is 0.230 e. The lowest BCUT2D eigenvalue weighted by molar-refractivity contribution is -0.119. The molecule has 7 heteroatoms. The molecule has 1 unspecified atom stereocenters. The molecule has 0 radical (unpaired) electrons. The number of thioether (sulfide) groups is 1. The van der Waals surface area contributed by atoms with Gasteiger partial charge in [-0.25, -0.2) is 9.97 Å². The number of carbonyl (C=O) groups is 1. The number of nitrogens with zero attached hydrogens (tertiary/aromatic N) is 3. The molecule has 0 aliphatic heterocycles. The average molecular weight is 407 g/mol. The lowest BCUT2D eigenvalue weighted by atomic mass is 10.1. The lowest BCUT2D eigenvalue weighted by Gasteiger charge is -2.22. The molecule has 0 saturated heterocycles. The maximum atomic E-state index is 12.3. The highest BCUT2D eigenvalue weighted by Crippen LogP contribution is 2.22. The van der Waals surface area contributed by atoms with Gasteiger partial charge in [0.15, 0.2) is 5.16 Å². The van der Waals surface area contributed by atoms with E-state index in [4.69, 9.17) is 11.6 Å². The molecule has 1 amide bonds. The van der Waals surface area contributed by atoms with Gasteiger partial charge in [0, 0.05) is 19.2 Å². The Labute approximate surface area is 170 Å². The molecule has 5 nitrogen and oxygen atoms in total. The topological polar surface area (TPSA) is 58.1 Å². The van der Waals surface area contributed by atoms with E-state index in [1.54, 1.807) is 6.07 Å². The van der Waals surface area contributed by atoms with Crippen LogP contribution in [0.3, 0.4) is 0 Å². The number of nitrogens with one attached hydrogen (secondary N) is 1. The SMILES string of the molecule is CCCN(CCC)c1cc(Cl)nc(SCC(=O)NC(C)c2ccccc2)n1. The van der Waals surface area contributed by atoms with Crippen LogP contribution in [0.4, 0.5) is 5.82 Å². The van der Waals surface area contributed by atoms with Crippen LogP contribution >= 0.6 is 23.4 Å². The Morgan fingerprint density at radius 3 is 2.48 bits per heavy atom. The highest BCUT2D eigenvalue weighted by Gasteiger charge is 2.13. The largest absolute Gasteiger partial charge is 0.356 e. The van der Waals surface area contributed by atoms with Crippen molar-refractivity contribution in [2.75, 3.05) is 23.7 Å². The van der Waals surface area contributed by atoms with E-state index in [0.29, 0.717) is 10.3 Å². The number of hydrogen-bond acceptors (Lipinski definition) is 5. The van der Waals surface area contributed by atoms with Crippen molar-refractivity contribution in [3.05, 3.63) is 47.1 Å². The molecular formula is C20H27ClN4OS. The summed E-state index contributed by atoms with van der Waals surface area (Å²) >= 11 is 7.48. The summed E-state index contributed by atoms with van der Waals surface area (Å²) in [6.07, 6.45) is 2.06. The van der Waals surface area contributed by atoms with Gasteiger partial charge in [-0.05, 0) is 25.3 Å². The normalized spacial score (nSPS) is 11.9. The summed E-state index contributed by atoms with van der Waals surface area (Å²) in [7, 11) is 0. The molecule has 0 fully saturated rings. The van der Waals surface area contributed by atoms with Crippen LogP contribution in [0, 0.1) is 0 Å². The number of carbonyl (C=O) groups excluding carboxylic acids is 1. The molecule has 2 aromatic rings. The fraction of sp³-hybridized carbons (Fsp3) is 0.450. The van der Waals surface area contributed by atoms with Gasteiger partial charge in [0.1, 0.15) is 11.0 Å². The standard InChI is InChI=1S/C20H27ClN4OS/c1-4-11-25(12-5-2)18-13-17(21)23-20(24-18)27-14-19(26)22-15(3)16-9-7-6-8-10-16/h6-10,13,15H,4-5,11-12,14H2,1-3H3,(H,22,26). The molecule has 27 heavy (non-hydrogen) atoms. The summed E-state index contributed by atoms with van der Waals surface area (Å²) in [6.45, 7) is 8.08. The van der Waals surface area contributed by atoms with Gasteiger partial charge in [-0.3, -0.25) is 4.79 Å². The number of benzene rings is 1. The highest BCUT2D eigenvalue weighted by atomic mass is 35.5. The van der Waals surface area contributed by atoms with E-state index in [0.717, 1.165) is 37.3 Å². The first kappa shape index (κ1) is 21.5. The summed E-state index contributed by atoms with van der Waals surface area (Å²) in [5, 5.41) is 3.93.